The Morgan fingerprint density at radius 2 is 1.88 bits per heavy atom. The Hall–Kier alpha value is -1.30. The van der Waals surface area contributed by atoms with Crippen molar-refractivity contribution in [3.8, 4) is 5.69 Å². The quantitative estimate of drug-likeness (QED) is 0.772. The first-order chi connectivity index (χ1) is 8.04. The number of hydrogen-bond acceptors (Lipinski definition) is 1. The first kappa shape index (κ1) is 12.2. The van der Waals surface area contributed by atoms with Crippen LogP contribution < -0.4 is 0 Å². The maximum Gasteiger partial charge on any atom is 0.418 e. The molecule has 0 radical (unpaired) electrons. The van der Waals surface area contributed by atoms with Gasteiger partial charge in [-0.1, -0.05) is 28.1 Å². The standard InChI is InChI=1S/C11H8BrF3N2/c12-7-8-5-6-16-17(8)10-4-2-1-3-9(10)11(13,14)15/h1-6H,7H2. The summed E-state index contributed by atoms with van der Waals surface area (Å²) in [6.07, 6.45) is -2.91. The van der Waals surface area contributed by atoms with E-state index < -0.39 is 11.7 Å². The van der Waals surface area contributed by atoms with Crippen molar-refractivity contribution < 1.29 is 13.2 Å². The van der Waals surface area contributed by atoms with Crippen LogP contribution in [0.3, 0.4) is 0 Å². The highest BCUT2D eigenvalue weighted by atomic mass is 79.9. The molecule has 0 unspecified atom stereocenters. The summed E-state index contributed by atoms with van der Waals surface area (Å²) in [5, 5.41) is 4.36. The van der Waals surface area contributed by atoms with E-state index in [4.69, 9.17) is 0 Å². The molecule has 2 nitrogen and oxygen atoms in total. The molecule has 0 spiro atoms. The second-order valence-electron chi connectivity index (χ2n) is 3.38. The van der Waals surface area contributed by atoms with Crippen molar-refractivity contribution in [2.24, 2.45) is 0 Å². The third-order valence-corrected chi connectivity index (χ3v) is 2.87. The van der Waals surface area contributed by atoms with Gasteiger partial charge in [0.1, 0.15) is 0 Å². The number of nitrogens with zero attached hydrogens (tertiary/aromatic N) is 2. The lowest BCUT2D eigenvalue weighted by molar-refractivity contribution is -0.137. The zero-order valence-corrected chi connectivity index (χ0v) is 10.2. The minimum atomic E-state index is -4.38. The van der Waals surface area contributed by atoms with Gasteiger partial charge in [0, 0.05) is 11.5 Å². The van der Waals surface area contributed by atoms with Crippen LogP contribution in [0.15, 0.2) is 36.5 Å². The molecule has 0 aliphatic rings. The smallest absolute Gasteiger partial charge is 0.236 e. The summed E-state index contributed by atoms with van der Waals surface area (Å²) >= 11 is 3.22. The largest absolute Gasteiger partial charge is 0.418 e. The molecule has 0 aliphatic carbocycles. The van der Waals surface area contributed by atoms with Crippen molar-refractivity contribution in [2.75, 3.05) is 0 Å². The maximum absolute atomic E-state index is 12.8. The van der Waals surface area contributed by atoms with Gasteiger partial charge in [0.25, 0.3) is 0 Å². The highest BCUT2D eigenvalue weighted by Crippen LogP contribution is 2.33. The van der Waals surface area contributed by atoms with E-state index in [0.29, 0.717) is 11.0 Å². The molecule has 0 N–H and O–H groups in total. The van der Waals surface area contributed by atoms with E-state index >= 15 is 0 Å². The van der Waals surface area contributed by atoms with E-state index in [-0.39, 0.29) is 5.69 Å². The summed E-state index contributed by atoms with van der Waals surface area (Å²) in [7, 11) is 0. The average molecular weight is 305 g/mol. The second-order valence-corrected chi connectivity index (χ2v) is 3.94. The van der Waals surface area contributed by atoms with Crippen LogP contribution in [-0.2, 0) is 11.5 Å². The first-order valence-electron chi connectivity index (χ1n) is 4.79. The molecule has 2 rings (SSSR count). The predicted octanol–water partition coefficient (Wildman–Crippen LogP) is 3.79. The summed E-state index contributed by atoms with van der Waals surface area (Å²) < 4.78 is 39.8. The lowest BCUT2D eigenvalue weighted by Crippen LogP contribution is -2.12. The lowest BCUT2D eigenvalue weighted by Gasteiger charge is -2.13. The molecule has 0 bridgehead atoms. The van der Waals surface area contributed by atoms with Gasteiger partial charge < -0.3 is 0 Å². The van der Waals surface area contributed by atoms with Gasteiger partial charge in [0.15, 0.2) is 0 Å². The second kappa shape index (κ2) is 4.52. The zero-order chi connectivity index (χ0) is 12.5. The number of rotatable bonds is 2. The molecule has 6 heteroatoms. The molecule has 0 amide bonds. The summed E-state index contributed by atoms with van der Waals surface area (Å²) in [5.74, 6) is 0. The van der Waals surface area contributed by atoms with Crippen molar-refractivity contribution in [1.29, 1.82) is 0 Å². The molecule has 90 valence electrons. The normalized spacial score (nSPS) is 11.8. The number of para-hydroxylation sites is 1. The molecule has 1 heterocycles. The van der Waals surface area contributed by atoms with Crippen molar-refractivity contribution >= 4 is 15.9 Å². The van der Waals surface area contributed by atoms with Crippen molar-refractivity contribution in [1.82, 2.24) is 9.78 Å². The molecule has 0 saturated carbocycles. The molecule has 1 aromatic carbocycles. The van der Waals surface area contributed by atoms with E-state index in [1.807, 2.05) is 0 Å². The Morgan fingerprint density at radius 1 is 1.18 bits per heavy atom. The Kier molecular flexibility index (Phi) is 3.24. The molecule has 0 aliphatic heterocycles. The Morgan fingerprint density at radius 3 is 2.53 bits per heavy atom. The average Bonchev–Trinajstić information content (AvgIpc) is 2.75. The van der Waals surface area contributed by atoms with E-state index in [1.54, 1.807) is 12.1 Å². The molecular weight excluding hydrogens is 297 g/mol. The lowest BCUT2D eigenvalue weighted by atomic mass is 10.1. The fourth-order valence-electron chi connectivity index (χ4n) is 1.55. The van der Waals surface area contributed by atoms with Gasteiger partial charge in [-0.05, 0) is 18.2 Å². The van der Waals surface area contributed by atoms with E-state index in [2.05, 4.69) is 21.0 Å². The fraction of sp³-hybridized carbons (Fsp3) is 0.182. The molecule has 0 fully saturated rings. The van der Waals surface area contributed by atoms with Crippen LogP contribution in [0.1, 0.15) is 11.3 Å². The molecular formula is C11H8BrF3N2. The van der Waals surface area contributed by atoms with E-state index in [9.17, 15) is 13.2 Å². The molecule has 0 saturated heterocycles. The van der Waals surface area contributed by atoms with Crippen LogP contribution in [0.4, 0.5) is 13.2 Å². The van der Waals surface area contributed by atoms with Crippen molar-refractivity contribution in [3.05, 3.63) is 47.8 Å². The van der Waals surface area contributed by atoms with Crippen molar-refractivity contribution in [2.45, 2.75) is 11.5 Å². The third-order valence-electron chi connectivity index (χ3n) is 2.30. The Balaban J connectivity index is 2.60. The molecule has 17 heavy (non-hydrogen) atoms. The van der Waals surface area contributed by atoms with Crippen LogP contribution >= 0.6 is 15.9 Å². The number of hydrogen-bond donors (Lipinski definition) is 0. The van der Waals surface area contributed by atoms with Crippen LogP contribution in [0, 0.1) is 0 Å². The van der Waals surface area contributed by atoms with E-state index in [1.165, 1.54) is 23.0 Å². The van der Waals surface area contributed by atoms with Gasteiger partial charge in [-0.25, -0.2) is 4.68 Å². The number of alkyl halides is 4. The van der Waals surface area contributed by atoms with Gasteiger partial charge in [-0.15, -0.1) is 0 Å². The number of benzene rings is 1. The molecule has 0 atom stereocenters. The Bertz CT molecular complexity index is 519. The monoisotopic (exact) mass is 304 g/mol. The highest BCUT2D eigenvalue weighted by molar-refractivity contribution is 9.08. The predicted molar refractivity (Wildman–Crippen MR) is 61.2 cm³/mol. The first-order valence-corrected chi connectivity index (χ1v) is 5.91. The topological polar surface area (TPSA) is 17.8 Å². The minimum absolute atomic E-state index is 0.0412. The molecule has 1 aromatic heterocycles. The van der Waals surface area contributed by atoms with Gasteiger partial charge in [-0.3, -0.25) is 0 Å². The van der Waals surface area contributed by atoms with Gasteiger partial charge in [-0.2, -0.15) is 18.3 Å². The van der Waals surface area contributed by atoms with Crippen LogP contribution in [-0.4, -0.2) is 9.78 Å². The van der Waals surface area contributed by atoms with Gasteiger partial charge in [0.05, 0.1) is 16.9 Å². The number of halogens is 4. The summed E-state index contributed by atoms with van der Waals surface area (Å²) in [6.45, 7) is 0. The summed E-state index contributed by atoms with van der Waals surface area (Å²) in [4.78, 5) is 0. The summed E-state index contributed by atoms with van der Waals surface area (Å²) in [6, 6.07) is 7.05. The fourth-order valence-corrected chi connectivity index (χ4v) is 1.97. The molecule has 2 aromatic rings. The van der Waals surface area contributed by atoms with Crippen LogP contribution in [0.5, 0.6) is 0 Å². The number of aromatic nitrogens is 2. The SMILES string of the molecule is FC(F)(F)c1ccccc1-n1nccc1CBr. The minimum Gasteiger partial charge on any atom is -0.236 e. The Labute approximate surface area is 104 Å². The van der Waals surface area contributed by atoms with Gasteiger partial charge >= 0.3 is 6.18 Å². The van der Waals surface area contributed by atoms with Crippen LogP contribution in [0.2, 0.25) is 0 Å². The van der Waals surface area contributed by atoms with E-state index in [0.717, 1.165) is 6.07 Å². The third kappa shape index (κ3) is 2.36. The zero-order valence-electron chi connectivity index (χ0n) is 8.58. The highest BCUT2D eigenvalue weighted by Gasteiger charge is 2.34. The van der Waals surface area contributed by atoms with Crippen molar-refractivity contribution in [3.63, 3.8) is 0 Å². The van der Waals surface area contributed by atoms with Gasteiger partial charge in [0.2, 0.25) is 0 Å². The maximum atomic E-state index is 12.8. The summed E-state index contributed by atoms with van der Waals surface area (Å²) in [5.41, 5.74) is 0.0204. The van der Waals surface area contributed by atoms with Crippen LogP contribution in [0.25, 0.3) is 5.69 Å².